The Morgan fingerprint density at radius 1 is 1.07 bits per heavy atom. The summed E-state index contributed by atoms with van der Waals surface area (Å²) in [6.07, 6.45) is 2.50. The van der Waals surface area contributed by atoms with E-state index >= 15 is 0 Å². The van der Waals surface area contributed by atoms with Gasteiger partial charge in [-0.1, -0.05) is 13.2 Å². The molecule has 5 heteroatoms. The van der Waals surface area contributed by atoms with Gasteiger partial charge < -0.3 is 9.80 Å². The Morgan fingerprint density at radius 3 is 1.86 bits per heavy atom. The summed E-state index contributed by atoms with van der Waals surface area (Å²) in [4.78, 5) is 25.6. The highest BCUT2D eigenvalue weighted by molar-refractivity contribution is 7.99. The Kier molecular flexibility index (Phi) is 3.76. The van der Waals surface area contributed by atoms with Crippen molar-refractivity contribution in [1.29, 1.82) is 0 Å². The van der Waals surface area contributed by atoms with Crippen LogP contribution in [0.3, 0.4) is 0 Å². The van der Waals surface area contributed by atoms with Crippen LogP contribution >= 0.6 is 11.8 Å². The minimum absolute atomic E-state index is 0.154. The van der Waals surface area contributed by atoms with Crippen LogP contribution in [0, 0.1) is 0 Å². The lowest BCUT2D eigenvalue weighted by molar-refractivity contribution is -0.132. The maximum absolute atomic E-state index is 11.3. The second-order valence-corrected chi connectivity index (χ2v) is 3.69. The summed E-state index contributed by atoms with van der Waals surface area (Å²) in [6.45, 7) is 7.13. The third-order valence-corrected chi connectivity index (χ3v) is 2.80. The van der Waals surface area contributed by atoms with Crippen molar-refractivity contribution in [2.24, 2.45) is 0 Å². The van der Waals surface area contributed by atoms with Crippen molar-refractivity contribution >= 4 is 23.6 Å². The van der Waals surface area contributed by atoms with Gasteiger partial charge in [0.25, 0.3) is 0 Å². The Morgan fingerprint density at radius 2 is 1.50 bits per heavy atom. The molecular formula is C9H12N2O2S. The van der Waals surface area contributed by atoms with Crippen molar-refractivity contribution < 1.29 is 9.59 Å². The van der Waals surface area contributed by atoms with Crippen LogP contribution in [0.15, 0.2) is 25.3 Å². The molecule has 0 aromatic rings. The molecule has 0 aromatic heterocycles. The molecule has 1 aliphatic rings. The van der Waals surface area contributed by atoms with Gasteiger partial charge in [-0.25, -0.2) is 0 Å². The van der Waals surface area contributed by atoms with E-state index in [1.807, 2.05) is 0 Å². The Bertz CT molecular complexity index is 252. The van der Waals surface area contributed by atoms with Gasteiger partial charge in [-0.3, -0.25) is 9.59 Å². The van der Waals surface area contributed by atoms with Crippen LogP contribution in [-0.4, -0.2) is 40.0 Å². The van der Waals surface area contributed by atoms with Crippen molar-refractivity contribution in [3.05, 3.63) is 25.3 Å². The predicted molar refractivity (Wildman–Crippen MR) is 56.3 cm³/mol. The van der Waals surface area contributed by atoms with Crippen LogP contribution in [0.1, 0.15) is 0 Å². The lowest BCUT2D eigenvalue weighted by atomic mass is 10.5. The van der Waals surface area contributed by atoms with E-state index in [9.17, 15) is 9.59 Å². The average molecular weight is 212 g/mol. The van der Waals surface area contributed by atoms with E-state index in [0.29, 0.717) is 18.4 Å². The fraction of sp³-hybridized carbons (Fsp3) is 0.333. The number of amides is 2. The Balaban J connectivity index is 2.59. The third-order valence-electron chi connectivity index (χ3n) is 1.81. The number of hydrogen-bond donors (Lipinski definition) is 0. The van der Waals surface area contributed by atoms with Gasteiger partial charge in [0.15, 0.2) is 0 Å². The topological polar surface area (TPSA) is 40.6 Å². The fourth-order valence-electron chi connectivity index (χ4n) is 1.07. The molecule has 0 unspecified atom stereocenters. The second kappa shape index (κ2) is 4.85. The van der Waals surface area contributed by atoms with E-state index in [-0.39, 0.29) is 11.8 Å². The first-order chi connectivity index (χ1) is 6.69. The van der Waals surface area contributed by atoms with E-state index in [2.05, 4.69) is 13.2 Å². The molecule has 0 atom stereocenters. The Hall–Kier alpha value is -1.23. The van der Waals surface area contributed by atoms with Gasteiger partial charge in [-0.15, -0.1) is 11.8 Å². The molecule has 0 spiro atoms. The van der Waals surface area contributed by atoms with Crippen molar-refractivity contribution in [1.82, 2.24) is 9.80 Å². The lowest BCUT2D eigenvalue weighted by Crippen LogP contribution is -2.46. The monoisotopic (exact) mass is 212 g/mol. The van der Waals surface area contributed by atoms with Crippen molar-refractivity contribution in [3.63, 3.8) is 0 Å². The first-order valence-corrected chi connectivity index (χ1v) is 5.25. The minimum atomic E-state index is -0.154. The van der Waals surface area contributed by atoms with Gasteiger partial charge in [0.1, 0.15) is 0 Å². The van der Waals surface area contributed by atoms with E-state index in [1.54, 1.807) is 9.80 Å². The molecule has 0 aliphatic carbocycles. The maximum atomic E-state index is 11.3. The van der Waals surface area contributed by atoms with Gasteiger partial charge in [0, 0.05) is 0 Å². The van der Waals surface area contributed by atoms with Crippen LogP contribution in [0.4, 0.5) is 0 Å². The van der Waals surface area contributed by atoms with Crippen molar-refractivity contribution in [3.8, 4) is 0 Å². The molecule has 4 nitrogen and oxygen atoms in total. The van der Waals surface area contributed by atoms with E-state index in [0.717, 1.165) is 0 Å². The molecule has 1 fully saturated rings. The van der Waals surface area contributed by atoms with Gasteiger partial charge in [-0.2, -0.15) is 0 Å². The molecule has 1 saturated heterocycles. The zero-order chi connectivity index (χ0) is 10.6. The zero-order valence-electron chi connectivity index (χ0n) is 7.81. The highest BCUT2D eigenvalue weighted by Gasteiger charge is 2.22. The average Bonchev–Trinajstić information content (AvgIpc) is 2.27. The molecular weight excluding hydrogens is 200 g/mol. The summed E-state index contributed by atoms with van der Waals surface area (Å²) >= 11 is 1.51. The summed E-state index contributed by atoms with van der Waals surface area (Å²) in [5, 5.41) is 0. The summed E-state index contributed by atoms with van der Waals surface area (Å²) in [7, 11) is 0. The predicted octanol–water partition coefficient (Wildman–Crippen LogP) is 0.635. The summed E-state index contributed by atoms with van der Waals surface area (Å²) in [5.74, 6) is 0.899. The molecule has 0 radical (unpaired) electrons. The van der Waals surface area contributed by atoms with Crippen LogP contribution in [0.2, 0.25) is 0 Å². The summed E-state index contributed by atoms with van der Waals surface area (Å²) in [6, 6.07) is 0. The SMILES string of the molecule is C=CC(=O)N1CSCN(C(=O)C=C)C1. The van der Waals surface area contributed by atoms with Crippen LogP contribution < -0.4 is 0 Å². The number of thioether (sulfide) groups is 1. The van der Waals surface area contributed by atoms with E-state index in [1.165, 1.54) is 23.9 Å². The van der Waals surface area contributed by atoms with Gasteiger partial charge in [0.05, 0.1) is 18.4 Å². The normalized spacial score (nSPS) is 16.3. The number of rotatable bonds is 2. The van der Waals surface area contributed by atoms with Crippen LogP contribution in [0.5, 0.6) is 0 Å². The standard InChI is InChI=1S/C9H12N2O2S/c1-3-8(12)10-5-11(7-14-6-10)9(13)4-2/h3-4H,1-2,5-7H2. The molecule has 0 aromatic carbocycles. The first kappa shape index (κ1) is 10.8. The Labute approximate surface area is 87.2 Å². The molecule has 0 saturated carbocycles. The van der Waals surface area contributed by atoms with Gasteiger partial charge in [0.2, 0.25) is 11.8 Å². The fourth-order valence-corrected chi connectivity index (χ4v) is 2.01. The van der Waals surface area contributed by atoms with Gasteiger partial charge >= 0.3 is 0 Å². The largest absolute Gasteiger partial charge is 0.312 e. The van der Waals surface area contributed by atoms with Crippen LogP contribution in [-0.2, 0) is 9.59 Å². The van der Waals surface area contributed by atoms with E-state index in [4.69, 9.17) is 0 Å². The molecule has 0 N–H and O–H groups in total. The zero-order valence-corrected chi connectivity index (χ0v) is 8.63. The smallest absolute Gasteiger partial charge is 0.248 e. The van der Waals surface area contributed by atoms with Crippen molar-refractivity contribution in [2.75, 3.05) is 18.4 Å². The van der Waals surface area contributed by atoms with Gasteiger partial charge in [-0.05, 0) is 12.2 Å². The number of carbonyl (C=O) groups is 2. The highest BCUT2D eigenvalue weighted by Crippen LogP contribution is 2.15. The van der Waals surface area contributed by atoms with Crippen molar-refractivity contribution in [2.45, 2.75) is 0 Å². The lowest BCUT2D eigenvalue weighted by Gasteiger charge is -2.33. The molecule has 1 rings (SSSR count). The molecule has 0 bridgehead atoms. The molecule has 2 amide bonds. The summed E-state index contributed by atoms with van der Waals surface area (Å²) in [5.41, 5.74) is 0. The summed E-state index contributed by atoms with van der Waals surface area (Å²) < 4.78 is 0. The van der Waals surface area contributed by atoms with E-state index < -0.39 is 0 Å². The molecule has 76 valence electrons. The van der Waals surface area contributed by atoms with Crippen LogP contribution in [0.25, 0.3) is 0 Å². The number of carbonyl (C=O) groups excluding carboxylic acids is 2. The minimum Gasteiger partial charge on any atom is -0.312 e. The molecule has 14 heavy (non-hydrogen) atoms. The number of hydrogen-bond acceptors (Lipinski definition) is 3. The highest BCUT2D eigenvalue weighted by atomic mass is 32.2. The first-order valence-electron chi connectivity index (χ1n) is 4.09. The molecule has 1 aliphatic heterocycles. The second-order valence-electron chi connectivity index (χ2n) is 2.77. The quantitative estimate of drug-likeness (QED) is 0.630. The number of nitrogens with zero attached hydrogens (tertiary/aromatic N) is 2. The molecule has 1 heterocycles. The maximum Gasteiger partial charge on any atom is 0.248 e. The third kappa shape index (κ3) is 2.38.